The summed E-state index contributed by atoms with van der Waals surface area (Å²) in [5, 5.41) is 13.3. The predicted octanol–water partition coefficient (Wildman–Crippen LogP) is 3.70. The van der Waals surface area contributed by atoms with Crippen LogP contribution in [0.3, 0.4) is 0 Å². The highest BCUT2D eigenvalue weighted by Gasteiger charge is 2.23. The molecule has 3 aromatic carbocycles. The Bertz CT molecular complexity index is 1400. The molecule has 1 heterocycles. The highest BCUT2D eigenvalue weighted by Crippen LogP contribution is 2.18. The van der Waals surface area contributed by atoms with Gasteiger partial charge in [-0.25, -0.2) is 4.98 Å². The largest absolute Gasteiger partial charge is 0.486 e. The number of amides is 1. The van der Waals surface area contributed by atoms with Crippen LogP contribution < -0.4 is 15.6 Å². The number of para-hydroxylation sites is 1. The van der Waals surface area contributed by atoms with E-state index in [-0.39, 0.29) is 24.7 Å². The Morgan fingerprint density at radius 2 is 1.74 bits per heavy atom. The summed E-state index contributed by atoms with van der Waals surface area (Å²) in [6.07, 6.45) is 0.458. The molecule has 0 radical (unpaired) electrons. The van der Waals surface area contributed by atoms with E-state index in [1.807, 2.05) is 79.7 Å². The zero-order valence-electron chi connectivity index (χ0n) is 21.7. The van der Waals surface area contributed by atoms with Crippen LogP contribution in [0.15, 0.2) is 83.7 Å². The Hall–Kier alpha value is -4.01. The SMILES string of the molecule is CCCO[C@H](Cc1ccc(OCc2nc3ccccc3c(=O)n2C)cc1)C(=O)N[C@H](CO)c1ccccc1. The normalized spacial score (nSPS) is 12.7. The standard InChI is InChI=1S/C30H33N3O5/c1-3-17-37-27(29(35)32-26(19-34)22-9-5-4-6-10-22)18-21-13-15-23(16-14-21)38-20-28-31-25-12-8-7-11-24(25)30(36)33(28)2/h4-16,26-27,34H,3,17-20H2,1-2H3,(H,32,35)/t26-,27-/m1/s1. The molecule has 0 fully saturated rings. The average molecular weight is 516 g/mol. The summed E-state index contributed by atoms with van der Waals surface area (Å²) in [7, 11) is 1.68. The number of ether oxygens (including phenoxy) is 2. The van der Waals surface area contributed by atoms with Crippen molar-refractivity contribution in [3.63, 3.8) is 0 Å². The molecule has 0 saturated heterocycles. The van der Waals surface area contributed by atoms with E-state index in [2.05, 4.69) is 10.3 Å². The van der Waals surface area contributed by atoms with E-state index in [4.69, 9.17) is 9.47 Å². The molecule has 8 heteroatoms. The number of carbonyl (C=O) groups excluding carboxylic acids is 1. The van der Waals surface area contributed by atoms with Crippen molar-refractivity contribution in [2.45, 2.75) is 38.5 Å². The molecular formula is C30H33N3O5. The van der Waals surface area contributed by atoms with Gasteiger partial charge in [0.2, 0.25) is 5.91 Å². The van der Waals surface area contributed by atoms with E-state index in [9.17, 15) is 14.7 Å². The summed E-state index contributed by atoms with van der Waals surface area (Å²) in [5.41, 5.74) is 2.26. The number of rotatable bonds is 12. The fourth-order valence-corrected chi connectivity index (χ4v) is 4.15. The van der Waals surface area contributed by atoms with E-state index in [0.717, 1.165) is 17.5 Å². The lowest BCUT2D eigenvalue weighted by Gasteiger charge is -2.22. The number of nitrogens with one attached hydrogen (secondary N) is 1. The quantitative estimate of drug-likeness (QED) is 0.298. The number of fused-ring (bicyclic) bond motifs is 1. The first-order valence-corrected chi connectivity index (χ1v) is 12.7. The van der Waals surface area contributed by atoms with Gasteiger partial charge in [-0.05, 0) is 41.8 Å². The van der Waals surface area contributed by atoms with Crippen LogP contribution in [0, 0.1) is 0 Å². The van der Waals surface area contributed by atoms with Crippen molar-refractivity contribution < 1.29 is 19.4 Å². The van der Waals surface area contributed by atoms with Crippen LogP contribution in [0.4, 0.5) is 0 Å². The van der Waals surface area contributed by atoms with Crippen LogP contribution in [-0.4, -0.2) is 39.9 Å². The van der Waals surface area contributed by atoms with Crippen LogP contribution in [-0.2, 0) is 29.6 Å². The molecular weight excluding hydrogens is 482 g/mol. The number of hydrogen-bond acceptors (Lipinski definition) is 6. The van der Waals surface area contributed by atoms with Crippen LogP contribution in [0.5, 0.6) is 5.75 Å². The lowest BCUT2D eigenvalue weighted by atomic mass is 10.0. The predicted molar refractivity (Wildman–Crippen MR) is 146 cm³/mol. The zero-order chi connectivity index (χ0) is 26.9. The van der Waals surface area contributed by atoms with E-state index in [0.29, 0.717) is 35.5 Å². The molecule has 4 aromatic rings. The minimum atomic E-state index is -0.698. The van der Waals surface area contributed by atoms with Crippen molar-refractivity contribution in [1.29, 1.82) is 0 Å². The Morgan fingerprint density at radius 3 is 2.45 bits per heavy atom. The summed E-state index contributed by atoms with van der Waals surface area (Å²) < 4.78 is 13.3. The van der Waals surface area contributed by atoms with Gasteiger partial charge in [0.1, 0.15) is 24.3 Å². The van der Waals surface area contributed by atoms with Crippen molar-refractivity contribution in [2.24, 2.45) is 7.05 Å². The van der Waals surface area contributed by atoms with Crippen molar-refractivity contribution >= 4 is 16.8 Å². The molecule has 0 saturated carbocycles. The molecule has 0 aliphatic carbocycles. The molecule has 0 bridgehead atoms. The second kappa shape index (κ2) is 13.0. The number of aliphatic hydroxyl groups is 1. The first-order chi connectivity index (χ1) is 18.5. The van der Waals surface area contributed by atoms with Gasteiger partial charge >= 0.3 is 0 Å². The Balaban J connectivity index is 1.41. The van der Waals surface area contributed by atoms with Crippen molar-refractivity contribution in [3.8, 4) is 5.75 Å². The molecule has 0 aliphatic heterocycles. The van der Waals surface area contributed by atoms with E-state index < -0.39 is 12.1 Å². The zero-order valence-corrected chi connectivity index (χ0v) is 21.7. The summed E-state index contributed by atoms with van der Waals surface area (Å²) in [4.78, 5) is 30.2. The third-order valence-corrected chi connectivity index (χ3v) is 6.30. The summed E-state index contributed by atoms with van der Waals surface area (Å²) in [6.45, 7) is 2.37. The van der Waals surface area contributed by atoms with E-state index in [1.165, 1.54) is 4.57 Å². The Labute approximate surface area is 221 Å². The number of hydrogen-bond donors (Lipinski definition) is 2. The molecule has 1 amide bonds. The lowest BCUT2D eigenvalue weighted by Crippen LogP contribution is -2.41. The molecule has 0 spiro atoms. The smallest absolute Gasteiger partial charge is 0.261 e. The fraction of sp³-hybridized carbons (Fsp3) is 0.300. The van der Waals surface area contributed by atoms with Crippen LogP contribution in [0.1, 0.15) is 36.3 Å². The van der Waals surface area contributed by atoms with Crippen molar-refractivity contribution in [2.75, 3.05) is 13.2 Å². The number of nitrogens with zero attached hydrogens (tertiary/aromatic N) is 2. The van der Waals surface area contributed by atoms with Gasteiger partial charge < -0.3 is 19.9 Å². The second-order valence-corrected chi connectivity index (χ2v) is 9.06. The molecule has 0 unspecified atom stereocenters. The van der Waals surface area contributed by atoms with E-state index in [1.54, 1.807) is 13.1 Å². The minimum Gasteiger partial charge on any atom is -0.486 e. The van der Waals surface area contributed by atoms with Gasteiger partial charge in [0, 0.05) is 20.1 Å². The van der Waals surface area contributed by atoms with Crippen molar-refractivity contribution in [1.82, 2.24) is 14.9 Å². The number of aliphatic hydroxyl groups excluding tert-OH is 1. The van der Waals surface area contributed by atoms with Gasteiger partial charge in [-0.15, -0.1) is 0 Å². The van der Waals surface area contributed by atoms with Gasteiger partial charge in [0.05, 0.1) is 23.6 Å². The summed E-state index contributed by atoms with van der Waals surface area (Å²) in [5.74, 6) is 0.875. The highest BCUT2D eigenvalue weighted by molar-refractivity contribution is 5.81. The first kappa shape index (κ1) is 27.0. The van der Waals surface area contributed by atoms with Crippen molar-refractivity contribution in [3.05, 3.63) is 106 Å². The van der Waals surface area contributed by atoms with E-state index >= 15 is 0 Å². The van der Waals surface area contributed by atoms with Crippen LogP contribution in [0.25, 0.3) is 10.9 Å². The number of carbonyl (C=O) groups is 1. The maximum atomic E-state index is 13.1. The van der Waals surface area contributed by atoms with Crippen LogP contribution >= 0.6 is 0 Å². The molecule has 2 atom stereocenters. The third-order valence-electron chi connectivity index (χ3n) is 6.30. The number of benzene rings is 3. The molecule has 198 valence electrons. The van der Waals surface area contributed by atoms with Gasteiger partial charge in [0.25, 0.3) is 5.56 Å². The first-order valence-electron chi connectivity index (χ1n) is 12.7. The molecule has 38 heavy (non-hydrogen) atoms. The molecule has 2 N–H and O–H groups in total. The van der Waals surface area contributed by atoms with Gasteiger partial charge in [-0.3, -0.25) is 14.2 Å². The monoisotopic (exact) mass is 515 g/mol. The average Bonchev–Trinajstić information content (AvgIpc) is 2.96. The van der Waals surface area contributed by atoms with Crippen LogP contribution in [0.2, 0.25) is 0 Å². The second-order valence-electron chi connectivity index (χ2n) is 9.06. The third kappa shape index (κ3) is 6.65. The fourth-order valence-electron chi connectivity index (χ4n) is 4.15. The minimum absolute atomic E-state index is 0.114. The van der Waals surface area contributed by atoms with Gasteiger partial charge in [-0.1, -0.05) is 61.5 Å². The molecule has 1 aromatic heterocycles. The van der Waals surface area contributed by atoms with Gasteiger partial charge in [-0.2, -0.15) is 0 Å². The highest BCUT2D eigenvalue weighted by atomic mass is 16.5. The Morgan fingerprint density at radius 1 is 1.03 bits per heavy atom. The topological polar surface area (TPSA) is 103 Å². The molecule has 8 nitrogen and oxygen atoms in total. The maximum absolute atomic E-state index is 13.1. The molecule has 4 rings (SSSR count). The maximum Gasteiger partial charge on any atom is 0.261 e. The summed E-state index contributed by atoms with van der Waals surface area (Å²) >= 11 is 0. The summed E-state index contributed by atoms with van der Waals surface area (Å²) in [6, 6.07) is 23.5. The number of aromatic nitrogens is 2. The molecule has 0 aliphatic rings. The Kier molecular flexibility index (Phi) is 9.24. The van der Waals surface area contributed by atoms with Gasteiger partial charge in [0.15, 0.2) is 0 Å². The lowest BCUT2D eigenvalue weighted by molar-refractivity contribution is -0.134.